The SMILES string of the molecule is NCC(Oc1ccc(N)nn1)c1ccccn1. The van der Waals surface area contributed by atoms with Gasteiger partial charge in [0.05, 0.1) is 5.69 Å². The average Bonchev–Trinajstić information content (AvgIpc) is 2.39. The Morgan fingerprint density at radius 3 is 2.65 bits per heavy atom. The van der Waals surface area contributed by atoms with Gasteiger partial charge in [-0.3, -0.25) is 4.98 Å². The van der Waals surface area contributed by atoms with Crippen molar-refractivity contribution in [1.82, 2.24) is 15.2 Å². The van der Waals surface area contributed by atoms with Gasteiger partial charge in [0.15, 0.2) is 6.10 Å². The molecular weight excluding hydrogens is 218 g/mol. The molecule has 0 saturated heterocycles. The van der Waals surface area contributed by atoms with Crippen molar-refractivity contribution in [2.75, 3.05) is 12.3 Å². The zero-order valence-electron chi connectivity index (χ0n) is 9.15. The predicted molar refractivity (Wildman–Crippen MR) is 63.1 cm³/mol. The maximum absolute atomic E-state index is 5.64. The van der Waals surface area contributed by atoms with Crippen molar-refractivity contribution in [3.05, 3.63) is 42.2 Å². The molecule has 0 fully saturated rings. The second kappa shape index (κ2) is 5.22. The van der Waals surface area contributed by atoms with Crippen molar-refractivity contribution in [3.63, 3.8) is 0 Å². The van der Waals surface area contributed by atoms with Gasteiger partial charge in [-0.05, 0) is 18.2 Å². The maximum atomic E-state index is 5.64. The number of nitrogen functional groups attached to an aromatic ring is 1. The average molecular weight is 231 g/mol. The molecule has 0 bridgehead atoms. The number of hydrogen-bond acceptors (Lipinski definition) is 6. The van der Waals surface area contributed by atoms with Crippen LogP contribution in [-0.2, 0) is 0 Å². The molecule has 0 aliphatic heterocycles. The highest BCUT2D eigenvalue weighted by Gasteiger charge is 2.13. The Kier molecular flexibility index (Phi) is 3.46. The quantitative estimate of drug-likeness (QED) is 0.796. The van der Waals surface area contributed by atoms with Crippen LogP contribution in [0.2, 0.25) is 0 Å². The molecule has 0 aromatic carbocycles. The first kappa shape index (κ1) is 11.3. The van der Waals surface area contributed by atoms with Gasteiger partial charge >= 0.3 is 0 Å². The smallest absolute Gasteiger partial charge is 0.234 e. The first-order valence-corrected chi connectivity index (χ1v) is 5.16. The summed E-state index contributed by atoms with van der Waals surface area (Å²) in [4.78, 5) is 4.19. The summed E-state index contributed by atoms with van der Waals surface area (Å²) in [6.45, 7) is 0.309. The van der Waals surface area contributed by atoms with Gasteiger partial charge < -0.3 is 16.2 Å². The summed E-state index contributed by atoms with van der Waals surface area (Å²) in [5.74, 6) is 0.722. The Morgan fingerprint density at radius 1 is 1.18 bits per heavy atom. The van der Waals surface area contributed by atoms with E-state index in [4.69, 9.17) is 16.2 Å². The molecule has 0 spiro atoms. The fourth-order valence-electron chi connectivity index (χ4n) is 1.33. The number of hydrogen-bond donors (Lipinski definition) is 2. The van der Waals surface area contributed by atoms with E-state index < -0.39 is 0 Å². The van der Waals surface area contributed by atoms with E-state index >= 15 is 0 Å². The van der Waals surface area contributed by atoms with Crippen molar-refractivity contribution in [2.45, 2.75) is 6.10 Å². The molecule has 0 amide bonds. The molecule has 0 aliphatic carbocycles. The molecule has 17 heavy (non-hydrogen) atoms. The van der Waals surface area contributed by atoms with Gasteiger partial charge in [-0.2, -0.15) is 0 Å². The Labute approximate surface area is 98.6 Å². The predicted octanol–water partition coefficient (Wildman–Crippen LogP) is 0.533. The van der Waals surface area contributed by atoms with Crippen LogP contribution < -0.4 is 16.2 Å². The number of anilines is 1. The topological polar surface area (TPSA) is 99.9 Å². The van der Waals surface area contributed by atoms with E-state index in [2.05, 4.69) is 15.2 Å². The fourth-order valence-corrected chi connectivity index (χ4v) is 1.33. The zero-order chi connectivity index (χ0) is 12.1. The van der Waals surface area contributed by atoms with E-state index in [9.17, 15) is 0 Å². The lowest BCUT2D eigenvalue weighted by Gasteiger charge is -2.15. The van der Waals surface area contributed by atoms with Crippen LogP contribution in [0.4, 0.5) is 5.82 Å². The Balaban J connectivity index is 2.13. The zero-order valence-corrected chi connectivity index (χ0v) is 9.15. The summed E-state index contributed by atoms with van der Waals surface area (Å²) >= 11 is 0. The van der Waals surface area contributed by atoms with Crippen LogP contribution in [0.5, 0.6) is 5.88 Å². The molecule has 6 nitrogen and oxygen atoms in total. The van der Waals surface area contributed by atoms with E-state index in [-0.39, 0.29) is 6.10 Å². The summed E-state index contributed by atoms with van der Waals surface area (Å²) in [6.07, 6.45) is 1.35. The van der Waals surface area contributed by atoms with Crippen LogP contribution in [0, 0.1) is 0 Å². The van der Waals surface area contributed by atoms with Gasteiger partial charge in [0.1, 0.15) is 5.82 Å². The molecule has 2 aromatic heterocycles. The molecular formula is C11H13N5O. The fraction of sp³-hybridized carbons (Fsp3) is 0.182. The number of rotatable bonds is 4. The van der Waals surface area contributed by atoms with E-state index in [0.29, 0.717) is 18.2 Å². The highest BCUT2D eigenvalue weighted by atomic mass is 16.5. The third-order valence-corrected chi connectivity index (χ3v) is 2.16. The van der Waals surface area contributed by atoms with E-state index in [1.807, 2.05) is 18.2 Å². The molecule has 88 valence electrons. The minimum atomic E-state index is -0.339. The number of pyridine rings is 1. The molecule has 0 radical (unpaired) electrons. The van der Waals surface area contributed by atoms with Crippen LogP contribution in [-0.4, -0.2) is 21.7 Å². The van der Waals surface area contributed by atoms with E-state index in [1.165, 1.54) is 0 Å². The second-order valence-corrected chi connectivity index (χ2v) is 3.39. The number of aromatic nitrogens is 3. The van der Waals surface area contributed by atoms with Crippen molar-refractivity contribution < 1.29 is 4.74 Å². The first-order chi connectivity index (χ1) is 8.29. The Bertz CT molecular complexity index is 459. The summed E-state index contributed by atoms with van der Waals surface area (Å²) in [6, 6.07) is 8.83. The standard InChI is InChI=1S/C11H13N5O/c12-7-9(8-3-1-2-6-14-8)17-11-5-4-10(13)15-16-11/h1-6,9H,7,12H2,(H2,13,15). The Morgan fingerprint density at radius 2 is 2.06 bits per heavy atom. The van der Waals surface area contributed by atoms with Crippen molar-refractivity contribution >= 4 is 5.82 Å². The minimum absolute atomic E-state index is 0.309. The van der Waals surface area contributed by atoms with E-state index in [1.54, 1.807) is 18.3 Å². The molecule has 0 saturated carbocycles. The maximum Gasteiger partial charge on any atom is 0.234 e. The molecule has 0 aliphatic rings. The Hall–Kier alpha value is -2.21. The largest absolute Gasteiger partial charge is 0.465 e. The molecule has 1 atom stereocenters. The van der Waals surface area contributed by atoms with Crippen LogP contribution in [0.3, 0.4) is 0 Å². The number of nitrogens with zero attached hydrogens (tertiary/aromatic N) is 3. The van der Waals surface area contributed by atoms with Gasteiger partial charge in [0.25, 0.3) is 0 Å². The molecule has 1 unspecified atom stereocenters. The summed E-state index contributed by atoms with van der Waals surface area (Å²) in [7, 11) is 0. The number of nitrogens with two attached hydrogens (primary N) is 2. The lowest BCUT2D eigenvalue weighted by atomic mass is 10.2. The van der Waals surface area contributed by atoms with Gasteiger partial charge in [-0.1, -0.05) is 6.07 Å². The molecule has 2 heterocycles. The monoisotopic (exact) mass is 231 g/mol. The van der Waals surface area contributed by atoms with Gasteiger partial charge in [0, 0.05) is 18.8 Å². The second-order valence-electron chi connectivity index (χ2n) is 3.39. The highest BCUT2D eigenvalue weighted by Crippen LogP contribution is 2.17. The van der Waals surface area contributed by atoms with Gasteiger partial charge in [0.2, 0.25) is 5.88 Å². The summed E-state index contributed by atoms with van der Waals surface area (Å²) < 4.78 is 5.59. The highest BCUT2D eigenvalue weighted by molar-refractivity contribution is 5.27. The van der Waals surface area contributed by atoms with Gasteiger partial charge in [-0.25, -0.2) is 0 Å². The van der Waals surface area contributed by atoms with E-state index in [0.717, 1.165) is 5.69 Å². The third kappa shape index (κ3) is 2.88. The lowest BCUT2D eigenvalue weighted by molar-refractivity contribution is 0.198. The van der Waals surface area contributed by atoms with Crippen molar-refractivity contribution in [3.8, 4) is 5.88 Å². The number of ether oxygens (including phenoxy) is 1. The van der Waals surface area contributed by atoms with Crippen molar-refractivity contribution in [1.29, 1.82) is 0 Å². The molecule has 2 aromatic rings. The van der Waals surface area contributed by atoms with Crippen molar-refractivity contribution in [2.24, 2.45) is 5.73 Å². The summed E-state index contributed by atoms with van der Waals surface area (Å²) in [5, 5.41) is 7.51. The van der Waals surface area contributed by atoms with Gasteiger partial charge in [-0.15, -0.1) is 10.2 Å². The minimum Gasteiger partial charge on any atom is -0.465 e. The van der Waals surface area contributed by atoms with Crippen LogP contribution in [0.25, 0.3) is 0 Å². The third-order valence-electron chi connectivity index (χ3n) is 2.16. The first-order valence-electron chi connectivity index (χ1n) is 5.16. The van der Waals surface area contributed by atoms with Crippen LogP contribution in [0.1, 0.15) is 11.8 Å². The van der Waals surface area contributed by atoms with Crippen LogP contribution >= 0.6 is 0 Å². The molecule has 4 N–H and O–H groups in total. The normalized spacial score (nSPS) is 12.1. The van der Waals surface area contributed by atoms with Crippen LogP contribution in [0.15, 0.2) is 36.5 Å². The lowest BCUT2D eigenvalue weighted by Crippen LogP contribution is -2.20. The summed E-state index contributed by atoms with van der Waals surface area (Å²) in [5.41, 5.74) is 11.8. The molecule has 2 rings (SSSR count). The molecule has 6 heteroatoms.